The number of alkyl halides is 7. The first-order chi connectivity index (χ1) is 10.6. The zero-order chi connectivity index (χ0) is 17.3. The summed E-state index contributed by atoms with van der Waals surface area (Å²) in [6.45, 7) is 0. The summed E-state index contributed by atoms with van der Waals surface area (Å²) >= 11 is -0.861. The first kappa shape index (κ1) is 17.6. The number of aromatic nitrogens is 1. The third-order valence-corrected chi connectivity index (χ3v) is 3.80. The fourth-order valence-corrected chi connectivity index (χ4v) is 2.56. The van der Waals surface area contributed by atoms with E-state index in [1.165, 1.54) is 36.7 Å². The number of pyridine rings is 1. The minimum Gasteiger partial charge on any atom is -0.264 e. The molecule has 0 amide bonds. The summed E-state index contributed by atoms with van der Waals surface area (Å²) in [5.74, 6) is -6.17. The highest BCUT2D eigenvalue weighted by Crippen LogP contribution is 2.54. The molecule has 9 heteroatoms. The molecule has 1 heterocycles. The maximum Gasteiger partial charge on any atom is 0.460 e. The number of hydrogen-bond donors (Lipinski definition) is 0. The van der Waals surface area contributed by atoms with Crippen molar-refractivity contribution in [2.45, 2.75) is 22.2 Å². The van der Waals surface area contributed by atoms with E-state index in [1.807, 2.05) is 0 Å². The van der Waals surface area contributed by atoms with E-state index in [2.05, 4.69) is 11.1 Å². The molecule has 0 saturated carbocycles. The van der Waals surface area contributed by atoms with Gasteiger partial charge in [-0.25, -0.2) is 0 Å². The van der Waals surface area contributed by atoms with E-state index in [9.17, 15) is 30.7 Å². The second kappa shape index (κ2) is 6.03. The molecule has 0 aliphatic rings. The monoisotopic (exact) mass is 354 g/mol. The van der Waals surface area contributed by atoms with E-state index in [1.54, 1.807) is 0 Å². The maximum absolute atomic E-state index is 13.5. The quantitative estimate of drug-likeness (QED) is 0.536. The molecule has 23 heavy (non-hydrogen) atoms. The van der Waals surface area contributed by atoms with Crippen molar-refractivity contribution >= 4 is 11.8 Å². The van der Waals surface area contributed by atoms with Gasteiger partial charge in [0.1, 0.15) is 0 Å². The Labute approximate surface area is 130 Å². The molecule has 123 valence electrons. The van der Waals surface area contributed by atoms with Crippen LogP contribution in [0.2, 0.25) is 0 Å². The molecule has 1 radical (unpaired) electrons. The van der Waals surface area contributed by atoms with E-state index >= 15 is 0 Å². The van der Waals surface area contributed by atoms with Crippen molar-refractivity contribution in [3.05, 3.63) is 48.8 Å². The lowest BCUT2D eigenvalue weighted by atomic mass is 10.1. The highest BCUT2D eigenvalue weighted by molar-refractivity contribution is 8.00. The van der Waals surface area contributed by atoms with Gasteiger partial charge in [-0.05, 0) is 30.0 Å². The molecule has 1 nitrogen and oxygen atoms in total. The zero-order valence-corrected chi connectivity index (χ0v) is 11.9. The number of halogens is 7. The molecule has 0 aliphatic carbocycles. The minimum absolute atomic E-state index is 0.0387. The number of thioether (sulfide) groups is 1. The van der Waals surface area contributed by atoms with E-state index < -0.39 is 34.0 Å². The van der Waals surface area contributed by atoms with Crippen LogP contribution >= 0.6 is 11.8 Å². The smallest absolute Gasteiger partial charge is 0.264 e. The van der Waals surface area contributed by atoms with Gasteiger partial charge in [-0.2, -0.15) is 30.7 Å². The summed E-state index contributed by atoms with van der Waals surface area (Å²) in [6.07, 6.45) is -3.71. The van der Waals surface area contributed by atoms with Crippen LogP contribution in [0.1, 0.15) is 0 Å². The number of nitrogens with zero attached hydrogens (tertiary/aromatic N) is 1. The van der Waals surface area contributed by atoms with E-state index in [4.69, 9.17) is 0 Å². The van der Waals surface area contributed by atoms with Crippen LogP contribution in [0.25, 0.3) is 11.1 Å². The van der Waals surface area contributed by atoms with Crippen LogP contribution in [0.3, 0.4) is 0 Å². The highest BCUT2D eigenvalue weighted by Gasteiger charge is 2.73. The second-order valence-electron chi connectivity index (χ2n) is 4.34. The van der Waals surface area contributed by atoms with Gasteiger partial charge in [0.05, 0.1) is 0 Å². The van der Waals surface area contributed by atoms with Gasteiger partial charge in [0.15, 0.2) is 0 Å². The van der Waals surface area contributed by atoms with Crippen molar-refractivity contribution in [1.82, 2.24) is 4.98 Å². The zero-order valence-electron chi connectivity index (χ0n) is 11.0. The molecule has 0 saturated heterocycles. The number of benzene rings is 1. The van der Waals surface area contributed by atoms with Crippen molar-refractivity contribution in [2.24, 2.45) is 0 Å². The molecule has 2 aromatic rings. The summed E-state index contributed by atoms with van der Waals surface area (Å²) in [6, 6.07) is 9.01. The van der Waals surface area contributed by atoms with Gasteiger partial charge in [0, 0.05) is 28.4 Å². The Morgan fingerprint density at radius 1 is 0.957 bits per heavy atom. The lowest BCUT2D eigenvalue weighted by Gasteiger charge is -2.27. The Bertz CT molecular complexity index is 670. The molecule has 0 atom stereocenters. The molecule has 0 unspecified atom stereocenters. The third-order valence-electron chi connectivity index (χ3n) is 2.73. The first-order valence-corrected chi connectivity index (χ1v) is 6.80. The molecular formula is C14H7F7NS. The van der Waals surface area contributed by atoms with Gasteiger partial charge in [-0.1, -0.05) is 18.2 Å². The van der Waals surface area contributed by atoms with Crippen LogP contribution in [0, 0.1) is 6.07 Å². The predicted octanol–water partition coefficient (Wildman–Crippen LogP) is 5.43. The van der Waals surface area contributed by atoms with E-state index in [0.29, 0.717) is 0 Å². The lowest BCUT2D eigenvalue weighted by Crippen LogP contribution is -2.49. The van der Waals surface area contributed by atoms with Crippen LogP contribution in [0.15, 0.2) is 47.6 Å². The summed E-state index contributed by atoms with van der Waals surface area (Å²) in [5, 5.41) is -5.38. The fraction of sp³-hybridized carbons (Fsp3) is 0.214. The van der Waals surface area contributed by atoms with Crippen LogP contribution in [-0.4, -0.2) is 22.3 Å². The average Bonchev–Trinajstić information content (AvgIpc) is 2.47. The molecule has 1 aromatic heterocycles. The minimum atomic E-state index is -6.36. The third kappa shape index (κ3) is 3.44. The summed E-state index contributed by atoms with van der Waals surface area (Å²) < 4.78 is 89.7. The van der Waals surface area contributed by atoms with Crippen molar-refractivity contribution in [3.8, 4) is 11.1 Å². The van der Waals surface area contributed by atoms with Crippen LogP contribution in [-0.2, 0) is 0 Å². The number of rotatable bonds is 4. The van der Waals surface area contributed by atoms with E-state index in [-0.39, 0.29) is 11.1 Å². The van der Waals surface area contributed by atoms with Crippen LogP contribution in [0.4, 0.5) is 30.7 Å². The Morgan fingerprint density at radius 2 is 1.65 bits per heavy atom. The summed E-state index contributed by atoms with van der Waals surface area (Å²) in [7, 11) is 0. The lowest BCUT2D eigenvalue weighted by molar-refractivity contribution is -0.330. The molecule has 2 rings (SSSR count). The average molecular weight is 354 g/mol. The van der Waals surface area contributed by atoms with Crippen molar-refractivity contribution in [3.63, 3.8) is 0 Å². The van der Waals surface area contributed by atoms with Crippen molar-refractivity contribution in [1.29, 1.82) is 0 Å². The van der Waals surface area contributed by atoms with Crippen LogP contribution < -0.4 is 0 Å². The van der Waals surface area contributed by atoms with Gasteiger partial charge in [-0.15, -0.1) is 0 Å². The van der Waals surface area contributed by atoms with E-state index in [0.717, 1.165) is 6.07 Å². The SMILES string of the molecule is FC(F)(F)C(F)(F)C(F)(F)Sc1ccc[c]c1-c1cccnc1. The van der Waals surface area contributed by atoms with Gasteiger partial charge in [0.25, 0.3) is 0 Å². The molecule has 1 aromatic carbocycles. The molecule has 0 fully saturated rings. The van der Waals surface area contributed by atoms with Gasteiger partial charge >= 0.3 is 17.4 Å². The Balaban J connectivity index is 2.42. The maximum atomic E-state index is 13.5. The number of hydrogen-bond acceptors (Lipinski definition) is 2. The van der Waals surface area contributed by atoms with Gasteiger partial charge in [-0.3, -0.25) is 4.98 Å². The summed E-state index contributed by atoms with van der Waals surface area (Å²) in [4.78, 5) is 3.28. The summed E-state index contributed by atoms with van der Waals surface area (Å²) in [5.41, 5.74) is 0.227. The molecule has 0 bridgehead atoms. The highest BCUT2D eigenvalue weighted by atomic mass is 32.2. The standard InChI is InChI=1S/C14H7F7NS/c15-12(16,13(17,18)19)14(20,21)23-11-6-2-1-5-10(11)9-4-3-7-22-8-9/h1-4,6-8H. The topological polar surface area (TPSA) is 12.9 Å². The Kier molecular flexibility index (Phi) is 4.61. The van der Waals surface area contributed by atoms with Gasteiger partial charge < -0.3 is 0 Å². The molecule has 0 spiro atoms. The first-order valence-electron chi connectivity index (χ1n) is 5.99. The molecule has 0 N–H and O–H groups in total. The Hall–Kier alpha value is -1.77. The Morgan fingerprint density at radius 3 is 2.22 bits per heavy atom. The van der Waals surface area contributed by atoms with Gasteiger partial charge in [0.2, 0.25) is 0 Å². The fourth-order valence-electron chi connectivity index (χ4n) is 1.61. The largest absolute Gasteiger partial charge is 0.460 e. The normalized spacial score (nSPS) is 13.2. The predicted molar refractivity (Wildman–Crippen MR) is 70.3 cm³/mol. The molecular weight excluding hydrogens is 347 g/mol. The van der Waals surface area contributed by atoms with Crippen molar-refractivity contribution in [2.75, 3.05) is 0 Å². The van der Waals surface area contributed by atoms with Crippen molar-refractivity contribution < 1.29 is 30.7 Å². The molecule has 0 aliphatic heterocycles. The van der Waals surface area contributed by atoms with Crippen LogP contribution in [0.5, 0.6) is 0 Å². The second-order valence-corrected chi connectivity index (χ2v) is 5.50.